The van der Waals surface area contributed by atoms with Crippen molar-refractivity contribution in [2.75, 3.05) is 19.1 Å². The number of hydrazone groups is 1. The average molecular weight is 401 g/mol. The number of nitrogens with zero attached hydrogens (tertiary/aromatic N) is 2. The van der Waals surface area contributed by atoms with Crippen molar-refractivity contribution >= 4 is 17.8 Å². The number of hydrogen-bond acceptors (Lipinski definition) is 5. The highest BCUT2D eigenvalue weighted by atomic mass is 16.5. The standard InChI is InChI=1S/C24H23N3O3/c1-29-22-11-9-21(10-12-22)27-15-19-8-7-17(13-20(19)16-27)24(28)26-25-14-18-5-3-4-6-23(18)30-2/h3-14H,15-16H2,1-2H3,(H,26,28)/b25-14+. The number of nitrogens with one attached hydrogen (secondary N) is 1. The van der Waals surface area contributed by atoms with Crippen LogP contribution in [0.3, 0.4) is 0 Å². The van der Waals surface area contributed by atoms with E-state index in [-0.39, 0.29) is 5.91 Å². The van der Waals surface area contributed by atoms with Crippen molar-refractivity contribution in [3.8, 4) is 11.5 Å². The largest absolute Gasteiger partial charge is 0.497 e. The quantitative estimate of drug-likeness (QED) is 0.501. The maximum Gasteiger partial charge on any atom is 0.271 e. The molecule has 0 atom stereocenters. The Morgan fingerprint density at radius 2 is 1.73 bits per heavy atom. The molecule has 152 valence electrons. The molecule has 3 aromatic carbocycles. The summed E-state index contributed by atoms with van der Waals surface area (Å²) in [6, 6.07) is 21.3. The molecule has 1 amide bonds. The summed E-state index contributed by atoms with van der Waals surface area (Å²) in [4.78, 5) is 14.8. The topological polar surface area (TPSA) is 63.2 Å². The Morgan fingerprint density at radius 1 is 0.967 bits per heavy atom. The minimum Gasteiger partial charge on any atom is -0.497 e. The van der Waals surface area contributed by atoms with Gasteiger partial charge in [0.05, 0.1) is 20.4 Å². The van der Waals surface area contributed by atoms with Crippen LogP contribution in [0, 0.1) is 0 Å². The molecular formula is C24H23N3O3. The molecule has 0 saturated carbocycles. The molecule has 1 aliphatic rings. The van der Waals surface area contributed by atoms with E-state index in [0.717, 1.165) is 35.7 Å². The number of methoxy groups -OCH3 is 2. The first-order chi connectivity index (χ1) is 14.7. The predicted molar refractivity (Wildman–Crippen MR) is 117 cm³/mol. The van der Waals surface area contributed by atoms with Gasteiger partial charge in [0.2, 0.25) is 0 Å². The number of amides is 1. The molecule has 1 N–H and O–H groups in total. The van der Waals surface area contributed by atoms with Gasteiger partial charge in [0.25, 0.3) is 5.91 Å². The summed E-state index contributed by atoms with van der Waals surface area (Å²) in [5, 5.41) is 4.07. The highest BCUT2D eigenvalue weighted by Gasteiger charge is 2.20. The third kappa shape index (κ3) is 4.12. The molecule has 0 aliphatic carbocycles. The van der Waals surface area contributed by atoms with E-state index in [1.165, 1.54) is 5.56 Å². The summed E-state index contributed by atoms with van der Waals surface area (Å²) in [6.07, 6.45) is 1.58. The summed E-state index contributed by atoms with van der Waals surface area (Å²) >= 11 is 0. The molecule has 1 aliphatic heterocycles. The molecule has 3 aromatic rings. The van der Waals surface area contributed by atoms with Gasteiger partial charge in [-0.1, -0.05) is 18.2 Å². The number of hydrogen-bond donors (Lipinski definition) is 1. The van der Waals surface area contributed by atoms with Crippen molar-refractivity contribution in [2.45, 2.75) is 13.1 Å². The van der Waals surface area contributed by atoms with Crippen molar-refractivity contribution in [3.05, 3.63) is 89.0 Å². The highest BCUT2D eigenvalue weighted by molar-refractivity contribution is 5.95. The third-order valence-electron chi connectivity index (χ3n) is 5.14. The monoisotopic (exact) mass is 401 g/mol. The maximum atomic E-state index is 12.5. The van der Waals surface area contributed by atoms with Crippen molar-refractivity contribution in [3.63, 3.8) is 0 Å². The molecule has 0 fully saturated rings. The van der Waals surface area contributed by atoms with Gasteiger partial charge in [-0.05, 0) is 59.7 Å². The van der Waals surface area contributed by atoms with Crippen LogP contribution in [-0.2, 0) is 13.1 Å². The number of carbonyl (C=O) groups excluding carboxylic acids is 1. The van der Waals surface area contributed by atoms with Crippen LogP contribution >= 0.6 is 0 Å². The lowest BCUT2D eigenvalue weighted by Gasteiger charge is -2.17. The summed E-state index contributed by atoms with van der Waals surface area (Å²) in [5.74, 6) is 1.29. The molecule has 0 spiro atoms. The molecule has 0 radical (unpaired) electrons. The van der Waals surface area contributed by atoms with Crippen LogP contribution in [0.15, 0.2) is 71.8 Å². The normalized spacial score (nSPS) is 12.7. The second-order valence-corrected chi connectivity index (χ2v) is 6.98. The molecule has 4 rings (SSSR count). The SMILES string of the molecule is COc1ccc(N2Cc3ccc(C(=O)N/N=C/c4ccccc4OC)cc3C2)cc1. The lowest BCUT2D eigenvalue weighted by atomic mass is 10.1. The zero-order chi connectivity index (χ0) is 20.9. The first kappa shape index (κ1) is 19.5. The Hall–Kier alpha value is -3.80. The van der Waals surface area contributed by atoms with Crippen molar-refractivity contribution in [2.24, 2.45) is 5.10 Å². The van der Waals surface area contributed by atoms with E-state index < -0.39 is 0 Å². The molecule has 0 saturated heterocycles. The number of para-hydroxylation sites is 1. The zero-order valence-corrected chi connectivity index (χ0v) is 17.0. The number of ether oxygens (including phenoxy) is 2. The van der Waals surface area contributed by atoms with Crippen LogP contribution < -0.4 is 19.8 Å². The van der Waals surface area contributed by atoms with Gasteiger partial charge in [-0.2, -0.15) is 5.10 Å². The molecule has 0 aromatic heterocycles. The van der Waals surface area contributed by atoms with Crippen molar-refractivity contribution < 1.29 is 14.3 Å². The van der Waals surface area contributed by atoms with Crippen LogP contribution in [0.5, 0.6) is 11.5 Å². The summed E-state index contributed by atoms with van der Waals surface area (Å²) in [6.45, 7) is 1.57. The van der Waals surface area contributed by atoms with E-state index in [1.54, 1.807) is 20.4 Å². The van der Waals surface area contributed by atoms with Crippen molar-refractivity contribution in [1.82, 2.24) is 5.43 Å². The molecular weight excluding hydrogens is 378 g/mol. The number of benzene rings is 3. The van der Waals surface area contributed by atoms with E-state index in [2.05, 4.69) is 15.4 Å². The average Bonchev–Trinajstić information content (AvgIpc) is 3.22. The number of fused-ring (bicyclic) bond motifs is 1. The number of rotatable bonds is 6. The fourth-order valence-corrected chi connectivity index (χ4v) is 3.51. The van der Waals surface area contributed by atoms with Gasteiger partial charge in [-0.15, -0.1) is 0 Å². The highest BCUT2D eigenvalue weighted by Crippen LogP contribution is 2.30. The summed E-state index contributed by atoms with van der Waals surface area (Å²) in [7, 11) is 3.26. The molecule has 0 bridgehead atoms. The van der Waals surface area contributed by atoms with Gasteiger partial charge in [0.1, 0.15) is 11.5 Å². The fourth-order valence-electron chi connectivity index (χ4n) is 3.51. The number of anilines is 1. The molecule has 6 heteroatoms. The Kier molecular flexibility index (Phi) is 5.66. The molecule has 1 heterocycles. The first-order valence-electron chi connectivity index (χ1n) is 9.65. The molecule has 30 heavy (non-hydrogen) atoms. The molecule has 0 unspecified atom stereocenters. The first-order valence-corrected chi connectivity index (χ1v) is 9.65. The van der Waals surface area contributed by atoms with Crippen LogP contribution in [0.25, 0.3) is 0 Å². The van der Waals surface area contributed by atoms with Gasteiger partial charge in [0.15, 0.2) is 0 Å². The minimum atomic E-state index is -0.244. The Labute approximate surface area is 175 Å². The zero-order valence-electron chi connectivity index (χ0n) is 17.0. The lowest BCUT2D eigenvalue weighted by Crippen LogP contribution is -2.18. The van der Waals surface area contributed by atoms with Crippen LogP contribution in [0.2, 0.25) is 0 Å². The summed E-state index contributed by atoms with van der Waals surface area (Å²) in [5.41, 5.74) is 7.47. The van der Waals surface area contributed by atoms with E-state index in [1.807, 2.05) is 66.7 Å². The van der Waals surface area contributed by atoms with Gasteiger partial charge in [0, 0.05) is 29.9 Å². The van der Waals surface area contributed by atoms with Gasteiger partial charge >= 0.3 is 0 Å². The van der Waals surface area contributed by atoms with E-state index in [4.69, 9.17) is 9.47 Å². The Morgan fingerprint density at radius 3 is 2.50 bits per heavy atom. The van der Waals surface area contributed by atoms with Crippen molar-refractivity contribution in [1.29, 1.82) is 0 Å². The van der Waals surface area contributed by atoms with Gasteiger partial charge in [-0.25, -0.2) is 5.43 Å². The summed E-state index contributed by atoms with van der Waals surface area (Å²) < 4.78 is 10.5. The predicted octanol–water partition coefficient (Wildman–Crippen LogP) is 3.99. The smallest absolute Gasteiger partial charge is 0.271 e. The van der Waals surface area contributed by atoms with E-state index >= 15 is 0 Å². The second kappa shape index (κ2) is 8.69. The minimum absolute atomic E-state index is 0.244. The van der Waals surface area contributed by atoms with Gasteiger partial charge in [-0.3, -0.25) is 4.79 Å². The lowest BCUT2D eigenvalue weighted by molar-refractivity contribution is 0.0955. The Bertz CT molecular complexity index is 1080. The van der Waals surface area contributed by atoms with Crippen LogP contribution in [0.1, 0.15) is 27.0 Å². The number of carbonyl (C=O) groups is 1. The van der Waals surface area contributed by atoms with E-state index in [0.29, 0.717) is 11.3 Å². The van der Waals surface area contributed by atoms with Gasteiger partial charge < -0.3 is 14.4 Å². The molecule has 6 nitrogen and oxygen atoms in total. The third-order valence-corrected chi connectivity index (χ3v) is 5.14. The Balaban J connectivity index is 1.42. The fraction of sp³-hybridized carbons (Fsp3) is 0.167. The van der Waals surface area contributed by atoms with Crippen LogP contribution in [0.4, 0.5) is 5.69 Å². The maximum absolute atomic E-state index is 12.5. The van der Waals surface area contributed by atoms with E-state index in [9.17, 15) is 4.79 Å². The second-order valence-electron chi connectivity index (χ2n) is 6.98. The van der Waals surface area contributed by atoms with Crippen LogP contribution in [-0.4, -0.2) is 26.3 Å².